The zero-order valence-electron chi connectivity index (χ0n) is 11.8. The van der Waals surface area contributed by atoms with Gasteiger partial charge in [-0.15, -0.1) is 0 Å². The van der Waals surface area contributed by atoms with E-state index in [0.717, 1.165) is 62.7 Å². The molecule has 21 heavy (non-hydrogen) atoms. The van der Waals surface area contributed by atoms with Crippen molar-refractivity contribution in [1.29, 1.82) is 0 Å². The van der Waals surface area contributed by atoms with Crippen LogP contribution < -0.4 is 5.73 Å². The van der Waals surface area contributed by atoms with Crippen LogP contribution in [0.3, 0.4) is 0 Å². The van der Waals surface area contributed by atoms with Crippen molar-refractivity contribution in [1.82, 2.24) is 20.1 Å². The van der Waals surface area contributed by atoms with Gasteiger partial charge in [-0.25, -0.2) is 4.98 Å². The molecule has 1 saturated carbocycles. The Morgan fingerprint density at radius 1 is 1.29 bits per heavy atom. The van der Waals surface area contributed by atoms with Gasteiger partial charge in [-0.3, -0.25) is 0 Å². The summed E-state index contributed by atoms with van der Waals surface area (Å²) in [6.45, 7) is 1.52. The van der Waals surface area contributed by atoms with Crippen LogP contribution in [0.25, 0.3) is 11.6 Å². The van der Waals surface area contributed by atoms with Crippen LogP contribution >= 0.6 is 0 Å². The zero-order chi connectivity index (χ0) is 14.3. The van der Waals surface area contributed by atoms with Crippen LogP contribution in [0.5, 0.6) is 0 Å². The first-order chi connectivity index (χ1) is 10.2. The van der Waals surface area contributed by atoms with Gasteiger partial charge < -0.3 is 20.0 Å². The minimum absolute atomic E-state index is 0.304. The maximum atomic E-state index is 6.26. The topological polar surface area (TPSA) is 103 Å². The third kappa shape index (κ3) is 2.26. The molecular formula is C14H19N5O2. The molecule has 3 N–H and O–H groups in total. The molecule has 2 fully saturated rings. The average Bonchev–Trinajstić information content (AvgIpc) is 3.14. The lowest BCUT2D eigenvalue weighted by Gasteiger charge is -2.35. The van der Waals surface area contributed by atoms with Gasteiger partial charge in [0.15, 0.2) is 5.82 Å². The molecule has 0 aromatic carbocycles. The number of aromatic amines is 1. The van der Waals surface area contributed by atoms with E-state index in [2.05, 4.69) is 20.1 Å². The minimum atomic E-state index is -0.304. The normalized spacial score (nSPS) is 22.1. The molecule has 2 aliphatic rings. The van der Waals surface area contributed by atoms with E-state index in [9.17, 15) is 0 Å². The first kappa shape index (κ1) is 13.0. The maximum Gasteiger partial charge on any atom is 0.275 e. The molecule has 0 amide bonds. The molecule has 1 saturated heterocycles. The molecular weight excluding hydrogens is 270 g/mol. The fourth-order valence-corrected chi connectivity index (χ4v) is 2.94. The molecule has 0 bridgehead atoms. The Bertz CT molecular complexity index is 625. The lowest BCUT2D eigenvalue weighted by atomic mass is 9.77. The van der Waals surface area contributed by atoms with E-state index in [1.165, 1.54) is 0 Å². The number of nitrogens with one attached hydrogen (secondary N) is 1. The Morgan fingerprint density at radius 3 is 2.81 bits per heavy atom. The molecule has 4 rings (SSSR count). The average molecular weight is 289 g/mol. The molecule has 2 aromatic rings. The highest BCUT2D eigenvalue weighted by Gasteiger charge is 2.37. The van der Waals surface area contributed by atoms with Crippen LogP contribution in [0.2, 0.25) is 0 Å². The van der Waals surface area contributed by atoms with E-state index in [0.29, 0.717) is 11.8 Å². The number of imidazole rings is 1. The number of hydrogen-bond acceptors (Lipinski definition) is 6. The summed E-state index contributed by atoms with van der Waals surface area (Å²) in [5.74, 6) is 2.38. The van der Waals surface area contributed by atoms with Gasteiger partial charge >= 0.3 is 0 Å². The molecule has 7 nitrogen and oxygen atoms in total. The molecule has 0 unspecified atom stereocenters. The van der Waals surface area contributed by atoms with E-state index in [-0.39, 0.29) is 5.54 Å². The van der Waals surface area contributed by atoms with Crippen LogP contribution in [0.4, 0.5) is 0 Å². The Morgan fingerprint density at radius 2 is 2.10 bits per heavy atom. The largest absolute Gasteiger partial charge is 0.381 e. The Labute approximate surface area is 122 Å². The predicted octanol–water partition coefficient (Wildman–Crippen LogP) is 1.69. The highest BCUT2D eigenvalue weighted by molar-refractivity contribution is 5.45. The standard InChI is InChI=1S/C14H19N5O2/c15-14(4-1-5-14)13-16-8-10(17-13)12-18-11(19-21-12)9-2-6-20-7-3-9/h8-9H,1-7,15H2,(H,16,17). The van der Waals surface area contributed by atoms with Crippen molar-refractivity contribution in [3.05, 3.63) is 17.8 Å². The zero-order valence-corrected chi connectivity index (χ0v) is 11.8. The summed E-state index contributed by atoms with van der Waals surface area (Å²) in [7, 11) is 0. The molecule has 3 heterocycles. The quantitative estimate of drug-likeness (QED) is 0.891. The summed E-state index contributed by atoms with van der Waals surface area (Å²) >= 11 is 0. The fraction of sp³-hybridized carbons (Fsp3) is 0.643. The second kappa shape index (κ2) is 4.92. The second-order valence-electron chi connectivity index (χ2n) is 6.00. The van der Waals surface area contributed by atoms with Crippen LogP contribution in [-0.4, -0.2) is 33.3 Å². The smallest absolute Gasteiger partial charge is 0.275 e. The predicted molar refractivity (Wildman–Crippen MR) is 74.4 cm³/mol. The molecule has 0 radical (unpaired) electrons. The van der Waals surface area contributed by atoms with Crippen molar-refractivity contribution in [2.75, 3.05) is 13.2 Å². The number of H-pyrrole nitrogens is 1. The van der Waals surface area contributed by atoms with Crippen LogP contribution in [0, 0.1) is 0 Å². The van der Waals surface area contributed by atoms with Crippen molar-refractivity contribution in [2.24, 2.45) is 5.73 Å². The van der Waals surface area contributed by atoms with Gasteiger partial charge in [0, 0.05) is 19.1 Å². The highest BCUT2D eigenvalue weighted by Crippen LogP contribution is 2.37. The Hall–Kier alpha value is -1.73. The number of nitrogens with two attached hydrogens (primary N) is 1. The number of aromatic nitrogens is 4. The van der Waals surface area contributed by atoms with Crippen LogP contribution in [0.1, 0.15) is 49.7 Å². The lowest BCUT2D eigenvalue weighted by Crippen LogP contribution is -2.44. The number of nitrogens with zero attached hydrogens (tertiary/aromatic N) is 3. The molecule has 112 valence electrons. The molecule has 1 aliphatic heterocycles. The van der Waals surface area contributed by atoms with Crippen LogP contribution in [-0.2, 0) is 10.3 Å². The van der Waals surface area contributed by atoms with Gasteiger partial charge in [-0.2, -0.15) is 4.98 Å². The third-order valence-corrected chi connectivity index (χ3v) is 4.55. The van der Waals surface area contributed by atoms with Gasteiger partial charge in [0.05, 0.1) is 11.7 Å². The van der Waals surface area contributed by atoms with E-state index >= 15 is 0 Å². The molecule has 0 atom stereocenters. The minimum Gasteiger partial charge on any atom is -0.381 e. The summed E-state index contributed by atoms with van der Waals surface area (Å²) in [4.78, 5) is 12.1. The summed E-state index contributed by atoms with van der Waals surface area (Å²) in [5, 5.41) is 4.10. The van der Waals surface area contributed by atoms with Gasteiger partial charge in [0.25, 0.3) is 5.89 Å². The first-order valence-electron chi connectivity index (χ1n) is 7.51. The summed E-state index contributed by atoms with van der Waals surface area (Å²) in [5.41, 5.74) is 6.70. The van der Waals surface area contributed by atoms with Gasteiger partial charge in [-0.1, -0.05) is 5.16 Å². The Balaban J connectivity index is 1.55. The Kier molecular flexibility index (Phi) is 3.04. The van der Waals surface area contributed by atoms with Gasteiger partial charge in [-0.05, 0) is 32.1 Å². The number of ether oxygens (including phenoxy) is 1. The monoisotopic (exact) mass is 289 g/mol. The van der Waals surface area contributed by atoms with Crippen LogP contribution in [0.15, 0.2) is 10.7 Å². The van der Waals surface area contributed by atoms with Gasteiger partial charge in [0.1, 0.15) is 11.5 Å². The van der Waals surface area contributed by atoms with E-state index in [1.807, 2.05) is 0 Å². The van der Waals surface area contributed by atoms with Crippen molar-refractivity contribution >= 4 is 0 Å². The van der Waals surface area contributed by atoms with E-state index in [4.69, 9.17) is 15.0 Å². The van der Waals surface area contributed by atoms with Gasteiger partial charge in [0.2, 0.25) is 0 Å². The molecule has 1 aliphatic carbocycles. The van der Waals surface area contributed by atoms with Crippen molar-refractivity contribution in [2.45, 2.75) is 43.6 Å². The maximum absolute atomic E-state index is 6.26. The van der Waals surface area contributed by atoms with Crippen molar-refractivity contribution in [3.8, 4) is 11.6 Å². The lowest BCUT2D eigenvalue weighted by molar-refractivity contribution is 0.0830. The van der Waals surface area contributed by atoms with E-state index in [1.54, 1.807) is 6.20 Å². The SMILES string of the molecule is NC1(c2ncc(-c3nc(C4CCOCC4)no3)[nH]2)CCC1. The summed E-state index contributed by atoms with van der Waals surface area (Å²) in [6.07, 6.45) is 6.71. The van der Waals surface area contributed by atoms with E-state index < -0.39 is 0 Å². The second-order valence-corrected chi connectivity index (χ2v) is 6.00. The highest BCUT2D eigenvalue weighted by atomic mass is 16.5. The molecule has 0 spiro atoms. The van der Waals surface area contributed by atoms with Crippen molar-refractivity contribution < 1.29 is 9.26 Å². The molecule has 2 aromatic heterocycles. The van der Waals surface area contributed by atoms with Crippen molar-refractivity contribution in [3.63, 3.8) is 0 Å². The fourth-order valence-electron chi connectivity index (χ4n) is 2.94. The number of hydrogen-bond donors (Lipinski definition) is 2. The number of rotatable bonds is 3. The first-order valence-corrected chi connectivity index (χ1v) is 7.51. The third-order valence-electron chi connectivity index (χ3n) is 4.55. The summed E-state index contributed by atoms with van der Waals surface area (Å²) < 4.78 is 10.7. The summed E-state index contributed by atoms with van der Waals surface area (Å²) in [6, 6.07) is 0. The molecule has 7 heteroatoms.